The van der Waals surface area contributed by atoms with E-state index in [1.165, 1.54) is 36.0 Å². The second-order valence-electron chi connectivity index (χ2n) is 7.81. The number of pyridine rings is 2. The number of halogens is 3. The quantitative estimate of drug-likeness (QED) is 0.474. The number of alkyl halides is 3. The highest BCUT2D eigenvalue weighted by Crippen LogP contribution is 2.32. The molecule has 34 heavy (non-hydrogen) atoms. The van der Waals surface area contributed by atoms with Gasteiger partial charge in [0.2, 0.25) is 5.91 Å². The molecule has 0 saturated carbocycles. The minimum absolute atomic E-state index is 0.221. The van der Waals surface area contributed by atoms with Gasteiger partial charge < -0.3 is 5.32 Å². The molecule has 1 atom stereocenters. The number of rotatable bonds is 5. The average Bonchev–Trinajstić information content (AvgIpc) is 2.82. The fourth-order valence-corrected chi connectivity index (χ4v) is 3.53. The summed E-state index contributed by atoms with van der Waals surface area (Å²) in [6.45, 7) is 3.38. The smallest absolute Gasteiger partial charge is 0.354 e. The first-order valence-electron chi connectivity index (χ1n) is 10.4. The van der Waals surface area contributed by atoms with Gasteiger partial charge in [0.15, 0.2) is 0 Å². The molecule has 10 heteroatoms. The van der Waals surface area contributed by atoms with Crippen LogP contribution in [0.2, 0.25) is 0 Å². The lowest BCUT2D eigenvalue weighted by Gasteiger charge is -2.17. The number of hydrogen-bond acceptors (Lipinski definition) is 5. The van der Waals surface area contributed by atoms with E-state index in [2.05, 4.69) is 20.3 Å². The van der Waals surface area contributed by atoms with Gasteiger partial charge in [0, 0.05) is 37.0 Å². The Bertz CT molecular complexity index is 1400. The van der Waals surface area contributed by atoms with Crippen LogP contribution in [-0.4, -0.2) is 32.0 Å². The second kappa shape index (κ2) is 9.05. The summed E-state index contributed by atoms with van der Waals surface area (Å²) < 4.78 is 40.4. The maximum Gasteiger partial charge on any atom is 0.416 e. The SMILES string of the molecule is CC(=O)NCC(C)n1cnc2c(-c3cccnc3)nc(-c3ccc(C(F)(F)F)cc3)cc2c1=O. The third-order valence-electron chi connectivity index (χ3n) is 5.33. The van der Waals surface area contributed by atoms with E-state index < -0.39 is 11.7 Å². The van der Waals surface area contributed by atoms with E-state index in [4.69, 9.17) is 0 Å². The topological polar surface area (TPSA) is 89.8 Å². The lowest BCUT2D eigenvalue weighted by molar-refractivity contribution is -0.137. The molecule has 7 nitrogen and oxygen atoms in total. The molecular weight excluding hydrogens is 447 g/mol. The van der Waals surface area contributed by atoms with Crippen molar-refractivity contribution in [3.8, 4) is 22.5 Å². The molecular formula is C24H20F3N5O2. The summed E-state index contributed by atoms with van der Waals surface area (Å²) in [4.78, 5) is 37.8. The summed E-state index contributed by atoms with van der Waals surface area (Å²) in [5, 5.41) is 2.92. The maximum atomic E-state index is 13.4. The molecule has 0 aliphatic carbocycles. The first kappa shape index (κ1) is 23.1. The lowest BCUT2D eigenvalue weighted by Crippen LogP contribution is -2.32. The van der Waals surface area contributed by atoms with Crippen LogP contribution >= 0.6 is 0 Å². The minimum Gasteiger partial charge on any atom is -0.354 e. The molecule has 1 aromatic carbocycles. The fraction of sp³-hybridized carbons (Fsp3) is 0.208. The van der Waals surface area contributed by atoms with E-state index in [0.29, 0.717) is 28.0 Å². The van der Waals surface area contributed by atoms with Crippen molar-refractivity contribution in [1.29, 1.82) is 0 Å². The highest BCUT2D eigenvalue weighted by Gasteiger charge is 2.30. The Kier molecular flexibility index (Phi) is 6.14. The van der Waals surface area contributed by atoms with Gasteiger partial charge in [-0.1, -0.05) is 12.1 Å². The number of hydrogen-bond donors (Lipinski definition) is 1. The molecule has 1 unspecified atom stereocenters. The number of aromatic nitrogens is 4. The van der Waals surface area contributed by atoms with Gasteiger partial charge in [0.1, 0.15) is 5.52 Å². The largest absolute Gasteiger partial charge is 0.416 e. The molecule has 0 bridgehead atoms. The van der Waals surface area contributed by atoms with Crippen LogP contribution in [0.4, 0.5) is 13.2 Å². The molecule has 4 rings (SSSR count). The molecule has 4 aromatic rings. The lowest BCUT2D eigenvalue weighted by atomic mass is 10.0. The minimum atomic E-state index is -4.46. The number of amides is 1. The number of fused-ring (bicyclic) bond motifs is 1. The predicted molar refractivity (Wildman–Crippen MR) is 121 cm³/mol. The fourth-order valence-electron chi connectivity index (χ4n) is 3.53. The Labute approximate surface area is 192 Å². The standard InChI is InChI=1S/C24H20F3N5O2/c1-14(11-29-15(2)33)32-13-30-22-19(23(32)34)10-20(31-21(22)17-4-3-9-28-12-17)16-5-7-18(8-6-16)24(25,26)27/h3-10,12-14H,11H2,1-2H3,(H,29,33). The molecule has 3 heterocycles. The van der Waals surface area contributed by atoms with Crippen molar-refractivity contribution in [3.63, 3.8) is 0 Å². The first-order chi connectivity index (χ1) is 16.1. The van der Waals surface area contributed by atoms with Gasteiger partial charge in [-0.05, 0) is 37.3 Å². The van der Waals surface area contributed by atoms with Crippen molar-refractivity contribution >= 4 is 16.8 Å². The van der Waals surface area contributed by atoms with Crippen LogP contribution in [0, 0.1) is 0 Å². The van der Waals surface area contributed by atoms with E-state index in [0.717, 1.165) is 12.1 Å². The van der Waals surface area contributed by atoms with E-state index in [-0.39, 0.29) is 29.4 Å². The van der Waals surface area contributed by atoms with Crippen LogP contribution in [0.1, 0.15) is 25.5 Å². The van der Waals surface area contributed by atoms with Crippen LogP contribution in [0.3, 0.4) is 0 Å². The summed E-state index contributed by atoms with van der Waals surface area (Å²) in [7, 11) is 0. The third-order valence-corrected chi connectivity index (χ3v) is 5.33. The van der Waals surface area contributed by atoms with Gasteiger partial charge in [-0.15, -0.1) is 0 Å². The van der Waals surface area contributed by atoms with Crippen molar-refractivity contribution in [2.24, 2.45) is 0 Å². The van der Waals surface area contributed by atoms with Gasteiger partial charge >= 0.3 is 6.18 Å². The molecule has 0 aliphatic rings. The normalized spacial score (nSPS) is 12.5. The Hall–Kier alpha value is -4.08. The van der Waals surface area contributed by atoms with Crippen molar-refractivity contribution in [2.75, 3.05) is 6.54 Å². The zero-order chi connectivity index (χ0) is 24.5. The van der Waals surface area contributed by atoms with E-state index in [9.17, 15) is 22.8 Å². The summed E-state index contributed by atoms with van der Waals surface area (Å²) in [6, 6.07) is 9.20. The van der Waals surface area contributed by atoms with E-state index in [1.807, 2.05) is 0 Å². The molecule has 0 spiro atoms. The van der Waals surface area contributed by atoms with Gasteiger partial charge in [-0.3, -0.25) is 19.1 Å². The molecule has 0 radical (unpaired) electrons. The van der Waals surface area contributed by atoms with Gasteiger partial charge in [-0.2, -0.15) is 13.2 Å². The molecule has 0 saturated heterocycles. The van der Waals surface area contributed by atoms with Gasteiger partial charge in [-0.25, -0.2) is 9.97 Å². The number of benzene rings is 1. The molecule has 0 aliphatic heterocycles. The first-order valence-corrected chi connectivity index (χ1v) is 10.4. The predicted octanol–water partition coefficient (Wildman–Crippen LogP) is 4.24. The Balaban J connectivity index is 1.90. The summed E-state index contributed by atoms with van der Waals surface area (Å²) >= 11 is 0. The average molecular weight is 467 g/mol. The summed E-state index contributed by atoms with van der Waals surface area (Å²) in [5.41, 5.74) is 0.949. The van der Waals surface area contributed by atoms with Crippen molar-refractivity contribution in [2.45, 2.75) is 26.1 Å². The van der Waals surface area contributed by atoms with E-state index >= 15 is 0 Å². The van der Waals surface area contributed by atoms with E-state index in [1.54, 1.807) is 31.5 Å². The van der Waals surface area contributed by atoms with Gasteiger partial charge in [0.25, 0.3) is 5.56 Å². The van der Waals surface area contributed by atoms with Crippen LogP contribution in [0.15, 0.2) is 66.0 Å². The second-order valence-corrected chi connectivity index (χ2v) is 7.81. The van der Waals surface area contributed by atoms with Crippen molar-refractivity contribution < 1.29 is 18.0 Å². The highest BCUT2D eigenvalue weighted by atomic mass is 19.4. The van der Waals surface area contributed by atoms with Crippen LogP contribution in [-0.2, 0) is 11.0 Å². The molecule has 1 N–H and O–H groups in total. The number of carbonyl (C=O) groups is 1. The third kappa shape index (κ3) is 4.66. The van der Waals surface area contributed by atoms with Crippen LogP contribution in [0.25, 0.3) is 33.4 Å². The molecule has 174 valence electrons. The maximum absolute atomic E-state index is 13.4. The van der Waals surface area contributed by atoms with Crippen LogP contribution < -0.4 is 10.9 Å². The Morgan fingerprint density at radius 3 is 2.50 bits per heavy atom. The Morgan fingerprint density at radius 1 is 1.15 bits per heavy atom. The molecule has 0 fully saturated rings. The summed E-state index contributed by atoms with van der Waals surface area (Å²) in [5.74, 6) is -0.221. The van der Waals surface area contributed by atoms with Crippen LogP contribution in [0.5, 0.6) is 0 Å². The molecule has 3 aromatic heterocycles. The van der Waals surface area contributed by atoms with Crippen molar-refractivity contribution in [3.05, 3.63) is 77.1 Å². The zero-order valence-corrected chi connectivity index (χ0v) is 18.3. The summed E-state index contributed by atoms with van der Waals surface area (Å²) in [6.07, 6.45) is 0.106. The highest BCUT2D eigenvalue weighted by molar-refractivity contribution is 5.93. The Morgan fingerprint density at radius 2 is 1.88 bits per heavy atom. The number of carbonyl (C=O) groups excluding carboxylic acids is 1. The van der Waals surface area contributed by atoms with Crippen molar-refractivity contribution in [1.82, 2.24) is 24.8 Å². The van der Waals surface area contributed by atoms with Gasteiger partial charge in [0.05, 0.1) is 34.7 Å². The zero-order valence-electron chi connectivity index (χ0n) is 18.3. The molecule has 1 amide bonds. The number of nitrogens with zero attached hydrogens (tertiary/aromatic N) is 4. The monoisotopic (exact) mass is 467 g/mol. The number of nitrogens with one attached hydrogen (secondary N) is 1.